The van der Waals surface area contributed by atoms with Gasteiger partial charge in [-0.2, -0.15) is 0 Å². The third-order valence-electron chi connectivity index (χ3n) is 3.96. The molecule has 1 aromatic carbocycles. The molecule has 1 aliphatic rings. The van der Waals surface area contributed by atoms with E-state index < -0.39 is 0 Å². The number of nitrogens with two attached hydrogens (primary N) is 1. The fraction of sp³-hybridized carbons (Fsp3) is 0.625. The third-order valence-corrected chi connectivity index (χ3v) is 3.96. The molecule has 0 spiro atoms. The quantitative estimate of drug-likeness (QED) is 0.537. The fourth-order valence-electron chi connectivity index (χ4n) is 2.65. The van der Waals surface area contributed by atoms with Gasteiger partial charge in [-0.3, -0.25) is 11.3 Å². The first-order chi connectivity index (χ1) is 9.78. The number of nitrogens with one attached hydrogen (secondary N) is 1. The van der Waals surface area contributed by atoms with Crippen LogP contribution in [-0.4, -0.2) is 25.9 Å². The van der Waals surface area contributed by atoms with Crippen molar-refractivity contribution in [3.05, 3.63) is 29.8 Å². The molecule has 0 aromatic heterocycles. The summed E-state index contributed by atoms with van der Waals surface area (Å²) in [5.74, 6) is 7.31. The molecule has 1 aliphatic carbocycles. The average molecular weight is 278 g/mol. The molecule has 0 radical (unpaired) electrons. The van der Waals surface area contributed by atoms with Crippen LogP contribution in [0.3, 0.4) is 0 Å². The van der Waals surface area contributed by atoms with E-state index in [1.54, 1.807) is 7.11 Å². The minimum Gasteiger partial charge on any atom is -0.497 e. The normalized spacial score (nSPS) is 17.8. The third kappa shape index (κ3) is 4.20. The van der Waals surface area contributed by atoms with Crippen LogP contribution < -0.4 is 16.0 Å². The van der Waals surface area contributed by atoms with E-state index in [1.165, 1.54) is 18.4 Å². The van der Waals surface area contributed by atoms with E-state index in [9.17, 15) is 0 Å². The highest BCUT2D eigenvalue weighted by Crippen LogP contribution is 2.36. The molecule has 0 amide bonds. The van der Waals surface area contributed by atoms with E-state index in [0.717, 1.165) is 25.2 Å². The van der Waals surface area contributed by atoms with Gasteiger partial charge in [0.25, 0.3) is 0 Å². The highest BCUT2D eigenvalue weighted by molar-refractivity contribution is 5.27. The first-order valence-electron chi connectivity index (χ1n) is 7.49. The molecule has 2 rings (SSSR count). The van der Waals surface area contributed by atoms with Crippen molar-refractivity contribution >= 4 is 0 Å². The molecule has 112 valence electrons. The van der Waals surface area contributed by atoms with Crippen LogP contribution >= 0.6 is 0 Å². The summed E-state index contributed by atoms with van der Waals surface area (Å²) >= 11 is 0. The van der Waals surface area contributed by atoms with Crippen molar-refractivity contribution in [2.45, 2.75) is 44.8 Å². The Morgan fingerprint density at radius 2 is 2.00 bits per heavy atom. The lowest BCUT2D eigenvalue weighted by molar-refractivity contribution is 0.0170. The second-order valence-corrected chi connectivity index (χ2v) is 5.42. The lowest BCUT2D eigenvalue weighted by Crippen LogP contribution is -2.46. The summed E-state index contributed by atoms with van der Waals surface area (Å²) in [5, 5.41) is 0. The van der Waals surface area contributed by atoms with E-state index >= 15 is 0 Å². The maximum atomic E-state index is 5.88. The van der Waals surface area contributed by atoms with Crippen molar-refractivity contribution in [1.82, 2.24) is 5.43 Å². The highest BCUT2D eigenvalue weighted by atomic mass is 16.5. The van der Waals surface area contributed by atoms with Gasteiger partial charge >= 0.3 is 0 Å². The molecule has 0 aliphatic heterocycles. The number of hydrazine groups is 1. The number of benzene rings is 1. The summed E-state index contributed by atoms with van der Waals surface area (Å²) in [6.07, 6.45) is 4.78. The van der Waals surface area contributed by atoms with E-state index in [2.05, 4.69) is 17.6 Å². The Hall–Kier alpha value is -1.10. The number of methoxy groups -OCH3 is 1. The van der Waals surface area contributed by atoms with Crippen LogP contribution in [0, 0.1) is 5.92 Å². The highest BCUT2D eigenvalue weighted by Gasteiger charge is 2.36. The van der Waals surface area contributed by atoms with Crippen molar-refractivity contribution in [2.75, 3.05) is 13.7 Å². The lowest BCUT2D eigenvalue weighted by Gasteiger charge is -2.26. The minimum atomic E-state index is 0.226. The molecule has 2 unspecified atom stereocenters. The van der Waals surface area contributed by atoms with Gasteiger partial charge in [0.15, 0.2) is 0 Å². The first-order valence-corrected chi connectivity index (χ1v) is 7.49. The predicted octanol–water partition coefficient (Wildman–Crippen LogP) is 2.27. The van der Waals surface area contributed by atoms with Gasteiger partial charge in [0, 0.05) is 12.6 Å². The molecule has 0 saturated heterocycles. The first kappa shape index (κ1) is 15.3. The Morgan fingerprint density at radius 1 is 1.30 bits per heavy atom. The van der Waals surface area contributed by atoms with Gasteiger partial charge in [0.2, 0.25) is 0 Å². The molecule has 4 heteroatoms. The molecular weight excluding hydrogens is 252 g/mol. The number of ether oxygens (including phenoxy) is 2. The molecule has 1 fully saturated rings. The molecule has 3 N–H and O–H groups in total. The summed E-state index contributed by atoms with van der Waals surface area (Å²) in [6, 6.07) is 8.45. The number of aryl methyl sites for hydroxylation is 1. The smallest absolute Gasteiger partial charge is 0.118 e. The second kappa shape index (κ2) is 7.62. The molecule has 1 saturated carbocycles. The summed E-state index contributed by atoms with van der Waals surface area (Å²) in [4.78, 5) is 0. The van der Waals surface area contributed by atoms with Crippen molar-refractivity contribution in [3.8, 4) is 5.75 Å². The molecule has 20 heavy (non-hydrogen) atoms. The average Bonchev–Trinajstić information content (AvgIpc) is 3.32. The topological polar surface area (TPSA) is 56.5 Å². The van der Waals surface area contributed by atoms with E-state index in [1.807, 2.05) is 19.1 Å². The van der Waals surface area contributed by atoms with Crippen molar-refractivity contribution in [3.63, 3.8) is 0 Å². The number of hydrogen-bond donors (Lipinski definition) is 2. The van der Waals surface area contributed by atoms with Gasteiger partial charge in [-0.05, 0) is 56.2 Å². The molecule has 4 nitrogen and oxygen atoms in total. The SMILES string of the molecule is CCOC(C1CC1)C(CCc1ccc(OC)cc1)NN. The maximum absolute atomic E-state index is 5.88. The van der Waals surface area contributed by atoms with Gasteiger partial charge in [0.1, 0.15) is 5.75 Å². The zero-order chi connectivity index (χ0) is 14.4. The summed E-state index contributed by atoms with van der Waals surface area (Å²) in [6.45, 7) is 2.80. The Bertz CT molecular complexity index is 390. The van der Waals surface area contributed by atoms with Crippen LogP contribution in [0.2, 0.25) is 0 Å². The molecule has 2 atom stereocenters. The maximum Gasteiger partial charge on any atom is 0.118 e. The van der Waals surface area contributed by atoms with E-state index in [4.69, 9.17) is 15.3 Å². The van der Waals surface area contributed by atoms with Crippen molar-refractivity contribution in [2.24, 2.45) is 11.8 Å². The molecule has 0 heterocycles. The van der Waals surface area contributed by atoms with E-state index in [0.29, 0.717) is 5.92 Å². The van der Waals surface area contributed by atoms with Crippen LogP contribution in [0.1, 0.15) is 31.7 Å². The summed E-state index contributed by atoms with van der Waals surface area (Å²) < 4.78 is 11.1. The lowest BCUT2D eigenvalue weighted by atomic mass is 9.98. The van der Waals surface area contributed by atoms with Gasteiger partial charge in [0.05, 0.1) is 13.2 Å². The van der Waals surface area contributed by atoms with Gasteiger partial charge in [-0.1, -0.05) is 12.1 Å². The van der Waals surface area contributed by atoms with Crippen molar-refractivity contribution < 1.29 is 9.47 Å². The van der Waals surface area contributed by atoms with Gasteiger partial charge in [-0.25, -0.2) is 0 Å². The number of rotatable bonds is 9. The summed E-state index contributed by atoms with van der Waals surface area (Å²) in [7, 11) is 1.69. The summed E-state index contributed by atoms with van der Waals surface area (Å²) in [5.41, 5.74) is 4.25. The Labute approximate surface area is 121 Å². The Morgan fingerprint density at radius 3 is 2.50 bits per heavy atom. The van der Waals surface area contributed by atoms with Crippen LogP contribution in [-0.2, 0) is 11.2 Å². The second-order valence-electron chi connectivity index (χ2n) is 5.42. The Kier molecular flexibility index (Phi) is 5.83. The Balaban J connectivity index is 1.88. The standard InChI is InChI=1S/C16H26N2O2/c1-3-20-16(13-7-8-13)15(18-17)11-6-12-4-9-14(19-2)10-5-12/h4-5,9-10,13,15-16,18H,3,6-8,11,17H2,1-2H3. The largest absolute Gasteiger partial charge is 0.497 e. The number of hydrogen-bond acceptors (Lipinski definition) is 4. The molecule has 1 aromatic rings. The minimum absolute atomic E-state index is 0.226. The molecule has 0 bridgehead atoms. The van der Waals surface area contributed by atoms with Gasteiger partial charge < -0.3 is 9.47 Å². The fourth-order valence-corrected chi connectivity index (χ4v) is 2.65. The van der Waals surface area contributed by atoms with Crippen LogP contribution in [0.5, 0.6) is 5.75 Å². The zero-order valence-electron chi connectivity index (χ0n) is 12.5. The zero-order valence-corrected chi connectivity index (χ0v) is 12.5. The predicted molar refractivity (Wildman–Crippen MR) is 80.6 cm³/mol. The van der Waals surface area contributed by atoms with Gasteiger partial charge in [-0.15, -0.1) is 0 Å². The van der Waals surface area contributed by atoms with Crippen LogP contribution in [0.4, 0.5) is 0 Å². The van der Waals surface area contributed by atoms with Crippen LogP contribution in [0.15, 0.2) is 24.3 Å². The molecular formula is C16H26N2O2. The van der Waals surface area contributed by atoms with Crippen molar-refractivity contribution in [1.29, 1.82) is 0 Å². The van der Waals surface area contributed by atoms with Crippen LogP contribution in [0.25, 0.3) is 0 Å². The van der Waals surface area contributed by atoms with E-state index in [-0.39, 0.29) is 12.1 Å². The monoisotopic (exact) mass is 278 g/mol.